The molecule has 0 saturated heterocycles. The number of alkyl halides is 2. The van der Waals surface area contributed by atoms with Crippen LogP contribution in [0, 0.1) is 10.1 Å². The lowest BCUT2D eigenvalue weighted by Crippen LogP contribution is -2.13. The molecule has 0 amide bonds. The molecule has 2 aromatic carbocycles. The van der Waals surface area contributed by atoms with Crippen LogP contribution in [0.1, 0.15) is 5.56 Å². The maximum Gasteiger partial charge on any atom is 0.387 e. The summed E-state index contributed by atoms with van der Waals surface area (Å²) in [5.74, 6) is 0.0333. The predicted molar refractivity (Wildman–Crippen MR) is 89.7 cm³/mol. The molecular weight excluding hydrogens is 372 g/mol. The SMILES string of the molecule is NS(=O)(=O)c1ccc(NCCc2ccc(OC(F)F)cc2)c([N+](=O)[O-])c1. The minimum absolute atomic E-state index is 0.0333. The highest BCUT2D eigenvalue weighted by molar-refractivity contribution is 7.89. The molecule has 2 aromatic rings. The first-order valence-corrected chi connectivity index (χ1v) is 8.80. The van der Waals surface area contributed by atoms with Crippen molar-refractivity contribution in [3.05, 3.63) is 58.1 Å². The van der Waals surface area contributed by atoms with Crippen LogP contribution in [0.2, 0.25) is 0 Å². The molecule has 0 aliphatic rings. The van der Waals surface area contributed by atoms with E-state index in [9.17, 15) is 27.3 Å². The zero-order valence-electron chi connectivity index (χ0n) is 13.3. The average molecular weight is 387 g/mol. The Labute approximate surface area is 147 Å². The van der Waals surface area contributed by atoms with Gasteiger partial charge in [-0.05, 0) is 36.2 Å². The van der Waals surface area contributed by atoms with Gasteiger partial charge in [0, 0.05) is 12.6 Å². The fourth-order valence-corrected chi connectivity index (χ4v) is 2.70. The van der Waals surface area contributed by atoms with E-state index in [1.54, 1.807) is 12.1 Å². The standard InChI is InChI=1S/C15H15F2N3O5S/c16-15(17)25-11-3-1-10(2-4-11)7-8-19-13-6-5-12(26(18,23)24)9-14(13)20(21)22/h1-6,9,15,19H,7-8H2,(H2,18,23,24). The third-order valence-corrected chi connectivity index (χ3v) is 4.28. The van der Waals surface area contributed by atoms with Crippen molar-refractivity contribution in [1.82, 2.24) is 0 Å². The highest BCUT2D eigenvalue weighted by Crippen LogP contribution is 2.27. The number of nitrogens with one attached hydrogen (secondary N) is 1. The summed E-state index contributed by atoms with van der Waals surface area (Å²) >= 11 is 0. The number of halogens is 2. The summed E-state index contributed by atoms with van der Waals surface area (Å²) in [4.78, 5) is 10.0. The molecule has 0 atom stereocenters. The van der Waals surface area contributed by atoms with Crippen molar-refractivity contribution in [3.8, 4) is 5.75 Å². The van der Waals surface area contributed by atoms with Crippen molar-refractivity contribution in [1.29, 1.82) is 0 Å². The Bertz CT molecular complexity index is 889. The molecule has 11 heteroatoms. The second kappa shape index (κ2) is 8.06. The van der Waals surface area contributed by atoms with Crippen molar-refractivity contribution in [2.75, 3.05) is 11.9 Å². The number of rotatable bonds is 8. The zero-order chi connectivity index (χ0) is 19.3. The highest BCUT2D eigenvalue weighted by Gasteiger charge is 2.18. The summed E-state index contributed by atoms with van der Waals surface area (Å²) in [7, 11) is -4.05. The number of nitro groups is 1. The van der Waals surface area contributed by atoms with Crippen LogP contribution >= 0.6 is 0 Å². The van der Waals surface area contributed by atoms with Crippen molar-refractivity contribution < 1.29 is 26.9 Å². The summed E-state index contributed by atoms with van der Waals surface area (Å²) in [5, 5.41) is 18.9. The van der Waals surface area contributed by atoms with Gasteiger partial charge in [-0.1, -0.05) is 12.1 Å². The van der Waals surface area contributed by atoms with E-state index in [1.807, 2.05) is 0 Å². The molecule has 0 saturated carbocycles. The van der Waals surface area contributed by atoms with Crippen molar-refractivity contribution in [3.63, 3.8) is 0 Å². The van der Waals surface area contributed by atoms with Gasteiger partial charge in [0.2, 0.25) is 10.0 Å². The van der Waals surface area contributed by atoms with Crippen LogP contribution in [0.25, 0.3) is 0 Å². The third kappa shape index (κ3) is 5.36. The van der Waals surface area contributed by atoms with Crippen LogP contribution in [0.4, 0.5) is 20.2 Å². The monoisotopic (exact) mass is 387 g/mol. The van der Waals surface area contributed by atoms with E-state index in [0.29, 0.717) is 13.0 Å². The number of hydrogen-bond donors (Lipinski definition) is 2. The summed E-state index contributed by atoms with van der Waals surface area (Å²) < 4.78 is 51.0. The fourth-order valence-electron chi connectivity index (χ4n) is 2.17. The van der Waals surface area contributed by atoms with Gasteiger partial charge in [-0.3, -0.25) is 10.1 Å². The van der Waals surface area contributed by atoms with Crippen LogP contribution in [0.5, 0.6) is 5.75 Å². The molecule has 0 aliphatic carbocycles. The second-order valence-corrected chi connectivity index (χ2v) is 6.74. The maximum atomic E-state index is 12.1. The van der Waals surface area contributed by atoms with Gasteiger partial charge in [-0.2, -0.15) is 8.78 Å². The predicted octanol–water partition coefficient (Wildman–Crippen LogP) is 2.50. The fraction of sp³-hybridized carbons (Fsp3) is 0.200. The average Bonchev–Trinajstić information content (AvgIpc) is 2.55. The van der Waals surface area contributed by atoms with E-state index in [2.05, 4.69) is 10.1 Å². The van der Waals surface area contributed by atoms with Gasteiger partial charge in [0.05, 0.1) is 9.82 Å². The molecule has 8 nitrogen and oxygen atoms in total. The Morgan fingerprint density at radius 1 is 1.19 bits per heavy atom. The number of nitrogens with two attached hydrogens (primary N) is 1. The number of benzene rings is 2. The van der Waals surface area contributed by atoms with Crippen molar-refractivity contribution in [2.24, 2.45) is 5.14 Å². The molecule has 0 heterocycles. The largest absolute Gasteiger partial charge is 0.435 e. The van der Waals surface area contributed by atoms with Gasteiger partial charge in [0.15, 0.2) is 0 Å². The molecule has 140 valence electrons. The van der Waals surface area contributed by atoms with E-state index < -0.39 is 27.2 Å². The Hall–Kier alpha value is -2.79. The lowest BCUT2D eigenvalue weighted by Gasteiger charge is -2.09. The molecule has 0 unspecified atom stereocenters. The van der Waals surface area contributed by atoms with E-state index in [-0.39, 0.29) is 16.3 Å². The number of sulfonamides is 1. The minimum Gasteiger partial charge on any atom is -0.435 e. The van der Waals surface area contributed by atoms with Gasteiger partial charge in [0.25, 0.3) is 5.69 Å². The van der Waals surface area contributed by atoms with Gasteiger partial charge >= 0.3 is 6.61 Å². The van der Waals surface area contributed by atoms with Crippen molar-refractivity contribution >= 4 is 21.4 Å². The molecule has 0 bridgehead atoms. The topological polar surface area (TPSA) is 125 Å². The van der Waals surface area contributed by atoms with E-state index >= 15 is 0 Å². The number of ether oxygens (including phenoxy) is 1. The highest BCUT2D eigenvalue weighted by atomic mass is 32.2. The van der Waals surface area contributed by atoms with E-state index in [4.69, 9.17) is 5.14 Å². The smallest absolute Gasteiger partial charge is 0.387 e. The molecule has 2 rings (SSSR count). The summed E-state index contributed by atoms with van der Waals surface area (Å²) in [6.45, 7) is -2.60. The number of nitrogens with zero attached hydrogens (tertiary/aromatic N) is 1. The minimum atomic E-state index is -4.05. The molecule has 26 heavy (non-hydrogen) atoms. The summed E-state index contributed by atoms with van der Waals surface area (Å²) in [6.07, 6.45) is 0.447. The molecule has 0 aromatic heterocycles. The zero-order valence-corrected chi connectivity index (χ0v) is 14.1. The lowest BCUT2D eigenvalue weighted by atomic mass is 10.1. The van der Waals surface area contributed by atoms with Crippen LogP contribution < -0.4 is 15.2 Å². The quantitative estimate of drug-likeness (QED) is 0.530. The number of anilines is 1. The summed E-state index contributed by atoms with van der Waals surface area (Å²) in [6, 6.07) is 9.29. The lowest BCUT2D eigenvalue weighted by molar-refractivity contribution is -0.384. The van der Waals surface area contributed by atoms with E-state index in [1.165, 1.54) is 24.3 Å². The number of hydrogen-bond acceptors (Lipinski definition) is 6. The van der Waals surface area contributed by atoms with Gasteiger partial charge < -0.3 is 10.1 Å². The Morgan fingerprint density at radius 2 is 1.85 bits per heavy atom. The molecule has 0 spiro atoms. The van der Waals surface area contributed by atoms with Gasteiger partial charge in [-0.15, -0.1) is 0 Å². The molecule has 0 aliphatic heterocycles. The van der Waals surface area contributed by atoms with Crippen LogP contribution in [-0.2, 0) is 16.4 Å². The molecule has 3 N–H and O–H groups in total. The van der Waals surface area contributed by atoms with Crippen LogP contribution in [0.15, 0.2) is 47.4 Å². The number of nitro benzene ring substituents is 1. The normalized spacial score (nSPS) is 11.4. The van der Waals surface area contributed by atoms with Gasteiger partial charge in [0.1, 0.15) is 11.4 Å². The summed E-state index contributed by atoms with van der Waals surface area (Å²) in [5.41, 5.74) is 0.514. The van der Waals surface area contributed by atoms with Crippen LogP contribution in [0.3, 0.4) is 0 Å². The second-order valence-electron chi connectivity index (χ2n) is 5.18. The molecule has 0 fully saturated rings. The molecular formula is C15H15F2N3O5S. The first-order chi connectivity index (χ1) is 12.2. The van der Waals surface area contributed by atoms with Crippen LogP contribution in [-0.4, -0.2) is 26.5 Å². The first kappa shape index (κ1) is 19.5. The first-order valence-electron chi connectivity index (χ1n) is 7.25. The molecule has 0 radical (unpaired) electrons. The maximum absolute atomic E-state index is 12.1. The Morgan fingerprint density at radius 3 is 2.38 bits per heavy atom. The van der Waals surface area contributed by atoms with Gasteiger partial charge in [-0.25, -0.2) is 13.6 Å². The third-order valence-electron chi connectivity index (χ3n) is 3.37. The van der Waals surface area contributed by atoms with Crippen molar-refractivity contribution in [2.45, 2.75) is 17.9 Å². The van der Waals surface area contributed by atoms with E-state index in [0.717, 1.165) is 11.6 Å². The number of primary sulfonamides is 1. The Balaban J connectivity index is 2.04. The Kier molecular flexibility index (Phi) is 6.05.